The number of sulfone groups is 1. The van der Waals surface area contributed by atoms with Gasteiger partial charge in [0.15, 0.2) is 16.1 Å². The van der Waals surface area contributed by atoms with E-state index in [0.29, 0.717) is 6.29 Å². The maximum absolute atomic E-state index is 11.1. The van der Waals surface area contributed by atoms with Gasteiger partial charge in [-0.05, 0) is 12.1 Å². The van der Waals surface area contributed by atoms with Crippen molar-refractivity contribution in [1.82, 2.24) is 0 Å². The number of rotatable bonds is 3. The van der Waals surface area contributed by atoms with Gasteiger partial charge in [0.2, 0.25) is 0 Å². The minimum Gasteiger partial charge on any atom is -0.298 e. The van der Waals surface area contributed by atoms with Crippen LogP contribution in [0.25, 0.3) is 0 Å². The number of nitrogens with zero attached hydrogens (tertiary/aromatic N) is 1. The van der Waals surface area contributed by atoms with Gasteiger partial charge >= 0.3 is 0 Å². The number of benzene rings is 1. The molecule has 6 nitrogen and oxygen atoms in total. The number of hydrogen-bond acceptors (Lipinski definition) is 5. The summed E-state index contributed by atoms with van der Waals surface area (Å²) in [4.78, 5) is 20.0. The fraction of sp³-hybridized carbons (Fsp3) is 0.125. The lowest BCUT2D eigenvalue weighted by Crippen LogP contribution is -2.01. The van der Waals surface area contributed by atoms with Gasteiger partial charge in [0, 0.05) is 12.3 Å². The van der Waals surface area contributed by atoms with Crippen molar-refractivity contribution in [1.29, 1.82) is 0 Å². The fourth-order valence-corrected chi connectivity index (χ4v) is 1.65. The first-order valence-electron chi connectivity index (χ1n) is 3.80. The molecule has 0 spiro atoms. The van der Waals surface area contributed by atoms with Gasteiger partial charge in [-0.15, -0.1) is 0 Å². The minimum absolute atomic E-state index is 0.146. The Balaban J connectivity index is 3.48. The lowest BCUT2D eigenvalue weighted by Gasteiger charge is -1.99. The molecule has 15 heavy (non-hydrogen) atoms. The van der Waals surface area contributed by atoms with Gasteiger partial charge in [-0.25, -0.2) is 8.42 Å². The van der Waals surface area contributed by atoms with E-state index in [4.69, 9.17) is 0 Å². The van der Waals surface area contributed by atoms with E-state index >= 15 is 0 Å². The molecular weight excluding hydrogens is 222 g/mol. The Morgan fingerprint density at radius 3 is 2.40 bits per heavy atom. The zero-order chi connectivity index (χ0) is 11.6. The first-order chi connectivity index (χ1) is 6.86. The Morgan fingerprint density at radius 2 is 2.00 bits per heavy atom. The molecule has 0 aromatic heterocycles. The van der Waals surface area contributed by atoms with Crippen molar-refractivity contribution in [2.24, 2.45) is 0 Å². The van der Waals surface area contributed by atoms with Crippen LogP contribution in [0.3, 0.4) is 0 Å². The second-order valence-electron chi connectivity index (χ2n) is 2.87. The standard InChI is InChI=1S/C8H7NO5S/c1-15(13,14)7-3-2-6(5-10)8(4-7)9(11)12/h2-5H,1H3. The van der Waals surface area contributed by atoms with E-state index in [1.807, 2.05) is 0 Å². The van der Waals surface area contributed by atoms with Crippen LogP contribution >= 0.6 is 0 Å². The Morgan fingerprint density at radius 1 is 1.40 bits per heavy atom. The highest BCUT2D eigenvalue weighted by Crippen LogP contribution is 2.21. The highest BCUT2D eigenvalue weighted by atomic mass is 32.2. The predicted molar refractivity (Wildman–Crippen MR) is 51.6 cm³/mol. The summed E-state index contributed by atoms with van der Waals surface area (Å²) in [5.74, 6) is 0. The van der Waals surface area contributed by atoms with Gasteiger partial charge in [-0.1, -0.05) is 0 Å². The fourth-order valence-electron chi connectivity index (χ4n) is 1.01. The van der Waals surface area contributed by atoms with Crippen molar-refractivity contribution in [3.63, 3.8) is 0 Å². The number of nitro benzene ring substituents is 1. The summed E-state index contributed by atoms with van der Waals surface area (Å²) in [6, 6.07) is 3.15. The van der Waals surface area contributed by atoms with E-state index in [9.17, 15) is 23.3 Å². The number of carbonyl (C=O) groups excluding carboxylic acids is 1. The first kappa shape index (κ1) is 11.3. The molecule has 0 atom stereocenters. The van der Waals surface area contributed by atoms with Crippen LogP contribution in [0.2, 0.25) is 0 Å². The van der Waals surface area contributed by atoms with Crippen LogP contribution in [-0.4, -0.2) is 25.9 Å². The maximum atomic E-state index is 11.1. The lowest BCUT2D eigenvalue weighted by molar-refractivity contribution is -0.385. The van der Waals surface area contributed by atoms with Crippen molar-refractivity contribution in [3.05, 3.63) is 33.9 Å². The third-order valence-electron chi connectivity index (χ3n) is 1.75. The number of hydrogen-bond donors (Lipinski definition) is 0. The van der Waals surface area contributed by atoms with Gasteiger partial charge in [0.25, 0.3) is 5.69 Å². The Labute approximate surface area is 85.6 Å². The topological polar surface area (TPSA) is 94.3 Å². The molecule has 0 unspecified atom stereocenters. The highest BCUT2D eigenvalue weighted by molar-refractivity contribution is 7.90. The largest absolute Gasteiger partial charge is 0.298 e. The smallest absolute Gasteiger partial charge is 0.281 e. The second-order valence-corrected chi connectivity index (χ2v) is 4.88. The monoisotopic (exact) mass is 229 g/mol. The summed E-state index contributed by atoms with van der Waals surface area (Å²) in [6.07, 6.45) is 1.25. The summed E-state index contributed by atoms with van der Waals surface area (Å²) in [6.45, 7) is 0. The molecule has 0 aliphatic rings. The lowest BCUT2D eigenvalue weighted by atomic mass is 10.2. The molecule has 0 heterocycles. The molecule has 0 bridgehead atoms. The molecule has 0 fully saturated rings. The average molecular weight is 229 g/mol. The molecule has 80 valence electrons. The average Bonchev–Trinajstić information content (AvgIpc) is 2.15. The van der Waals surface area contributed by atoms with E-state index in [-0.39, 0.29) is 10.5 Å². The van der Waals surface area contributed by atoms with Gasteiger partial charge in [0.05, 0.1) is 15.4 Å². The molecule has 0 radical (unpaired) electrons. The molecule has 1 aromatic carbocycles. The third-order valence-corrected chi connectivity index (χ3v) is 2.86. The summed E-state index contributed by atoms with van der Waals surface area (Å²) < 4.78 is 22.2. The van der Waals surface area contributed by atoms with Crippen molar-refractivity contribution in [3.8, 4) is 0 Å². The molecule has 1 rings (SSSR count). The van der Waals surface area contributed by atoms with Crippen molar-refractivity contribution < 1.29 is 18.1 Å². The molecule has 0 aliphatic heterocycles. The van der Waals surface area contributed by atoms with Crippen molar-refractivity contribution >= 4 is 21.8 Å². The zero-order valence-corrected chi connectivity index (χ0v) is 8.52. The Bertz CT molecular complexity index is 520. The molecule has 0 amide bonds. The quantitative estimate of drug-likeness (QED) is 0.434. The summed E-state index contributed by atoms with van der Waals surface area (Å²) in [5, 5.41) is 10.5. The normalized spacial score (nSPS) is 11.0. The Hall–Kier alpha value is -1.76. The van der Waals surface area contributed by atoms with Crippen molar-refractivity contribution in [2.75, 3.05) is 6.26 Å². The second kappa shape index (κ2) is 3.77. The number of aldehydes is 1. The molecule has 7 heteroatoms. The maximum Gasteiger partial charge on any atom is 0.281 e. The molecule has 0 saturated heterocycles. The molecule has 0 N–H and O–H groups in total. The van der Waals surface area contributed by atoms with Gasteiger partial charge in [-0.3, -0.25) is 14.9 Å². The van der Waals surface area contributed by atoms with Crippen LogP contribution < -0.4 is 0 Å². The van der Waals surface area contributed by atoms with E-state index < -0.39 is 20.4 Å². The molecule has 1 aromatic rings. The van der Waals surface area contributed by atoms with Crippen LogP contribution in [-0.2, 0) is 9.84 Å². The van der Waals surface area contributed by atoms with Gasteiger partial charge in [-0.2, -0.15) is 0 Å². The van der Waals surface area contributed by atoms with E-state index in [1.165, 1.54) is 0 Å². The SMILES string of the molecule is CS(=O)(=O)c1ccc(C=O)c([N+](=O)[O-])c1. The van der Waals surface area contributed by atoms with E-state index in [1.54, 1.807) is 0 Å². The third kappa shape index (κ3) is 2.38. The highest BCUT2D eigenvalue weighted by Gasteiger charge is 2.17. The molecular formula is C8H7NO5S. The predicted octanol–water partition coefficient (Wildman–Crippen LogP) is 0.811. The summed E-state index contributed by atoms with van der Waals surface area (Å²) >= 11 is 0. The molecule has 0 saturated carbocycles. The minimum atomic E-state index is -3.50. The number of carbonyl (C=O) groups is 1. The van der Waals surface area contributed by atoms with E-state index in [2.05, 4.69) is 0 Å². The zero-order valence-electron chi connectivity index (χ0n) is 7.71. The molecule has 0 aliphatic carbocycles. The summed E-state index contributed by atoms with van der Waals surface area (Å²) in [7, 11) is -3.50. The van der Waals surface area contributed by atoms with Crippen LogP contribution in [0, 0.1) is 10.1 Å². The summed E-state index contributed by atoms with van der Waals surface area (Å²) in [5.41, 5.74) is -0.652. The van der Waals surface area contributed by atoms with Crippen LogP contribution in [0.4, 0.5) is 5.69 Å². The van der Waals surface area contributed by atoms with Gasteiger partial charge < -0.3 is 0 Å². The van der Waals surface area contributed by atoms with E-state index in [0.717, 1.165) is 24.5 Å². The van der Waals surface area contributed by atoms with Crippen LogP contribution in [0.5, 0.6) is 0 Å². The Kier molecular flexibility index (Phi) is 2.85. The van der Waals surface area contributed by atoms with Crippen molar-refractivity contribution in [2.45, 2.75) is 4.90 Å². The number of nitro groups is 1. The van der Waals surface area contributed by atoms with Gasteiger partial charge in [0.1, 0.15) is 0 Å². The first-order valence-corrected chi connectivity index (χ1v) is 5.69. The van der Waals surface area contributed by atoms with Crippen LogP contribution in [0.15, 0.2) is 23.1 Å². The van der Waals surface area contributed by atoms with Crippen LogP contribution in [0.1, 0.15) is 10.4 Å².